The Balaban J connectivity index is 2.11. The van der Waals surface area contributed by atoms with Crippen LogP contribution in [0.3, 0.4) is 0 Å². The second-order valence-corrected chi connectivity index (χ2v) is 5.93. The fourth-order valence-electron chi connectivity index (χ4n) is 2.27. The third-order valence-electron chi connectivity index (χ3n) is 3.57. The number of hydrogen-bond donors (Lipinski definition) is 1. The molecule has 2 nitrogen and oxygen atoms in total. The maximum atomic E-state index is 9.91. The summed E-state index contributed by atoms with van der Waals surface area (Å²) in [4.78, 5) is 2.35. The van der Waals surface area contributed by atoms with Gasteiger partial charge in [-0.2, -0.15) is 0 Å². The lowest BCUT2D eigenvalue weighted by Gasteiger charge is -2.33. The van der Waals surface area contributed by atoms with Crippen molar-refractivity contribution in [3.63, 3.8) is 0 Å². The van der Waals surface area contributed by atoms with Crippen LogP contribution in [0.2, 0.25) is 0 Å². The SMILES string of the molecule is CC1(C)C(O)CCN1Cc1cccc(Br)c1. The minimum Gasteiger partial charge on any atom is -0.391 e. The Labute approximate surface area is 105 Å². The van der Waals surface area contributed by atoms with Gasteiger partial charge in [-0.05, 0) is 38.0 Å². The van der Waals surface area contributed by atoms with Crippen molar-refractivity contribution in [2.45, 2.75) is 38.5 Å². The Kier molecular flexibility index (Phi) is 3.38. The monoisotopic (exact) mass is 283 g/mol. The van der Waals surface area contributed by atoms with E-state index in [9.17, 15) is 5.11 Å². The summed E-state index contributed by atoms with van der Waals surface area (Å²) in [6.07, 6.45) is 0.667. The third kappa shape index (κ3) is 2.31. The first-order valence-corrected chi connectivity index (χ1v) is 6.47. The highest BCUT2D eigenvalue weighted by molar-refractivity contribution is 9.10. The van der Waals surface area contributed by atoms with Gasteiger partial charge < -0.3 is 5.11 Å². The minimum atomic E-state index is -0.209. The Bertz CT molecular complexity index is 378. The van der Waals surface area contributed by atoms with Gasteiger partial charge in [-0.3, -0.25) is 4.90 Å². The van der Waals surface area contributed by atoms with Crippen LogP contribution in [0, 0.1) is 0 Å². The number of benzene rings is 1. The molecule has 1 fully saturated rings. The second-order valence-electron chi connectivity index (χ2n) is 5.01. The van der Waals surface area contributed by atoms with Crippen molar-refractivity contribution < 1.29 is 5.11 Å². The Morgan fingerprint density at radius 2 is 2.25 bits per heavy atom. The van der Waals surface area contributed by atoms with E-state index < -0.39 is 0 Å². The third-order valence-corrected chi connectivity index (χ3v) is 4.06. The van der Waals surface area contributed by atoms with E-state index in [1.807, 2.05) is 6.07 Å². The number of likely N-dealkylation sites (tertiary alicyclic amines) is 1. The molecule has 3 heteroatoms. The van der Waals surface area contributed by atoms with Gasteiger partial charge in [0.2, 0.25) is 0 Å². The summed E-state index contributed by atoms with van der Waals surface area (Å²) in [5.74, 6) is 0. The van der Waals surface area contributed by atoms with E-state index in [1.54, 1.807) is 0 Å². The number of aliphatic hydroxyl groups excluding tert-OH is 1. The van der Waals surface area contributed by atoms with Gasteiger partial charge in [0.05, 0.1) is 6.10 Å². The van der Waals surface area contributed by atoms with Gasteiger partial charge in [-0.1, -0.05) is 28.1 Å². The molecule has 0 amide bonds. The summed E-state index contributed by atoms with van der Waals surface area (Å²) >= 11 is 3.48. The number of halogens is 1. The van der Waals surface area contributed by atoms with E-state index in [0.29, 0.717) is 0 Å². The average Bonchev–Trinajstić information content (AvgIpc) is 2.45. The van der Waals surface area contributed by atoms with Crippen LogP contribution < -0.4 is 0 Å². The van der Waals surface area contributed by atoms with E-state index in [-0.39, 0.29) is 11.6 Å². The average molecular weight is 284 g/mol. The fraction of sp³-hybridized carbons (Fsp3) is 0.538. The van der Waals surface area contributed by atoms with Gasteiger partial charge in [0, 0.05) is 23.1 Å². The highest BCUT2D eigenvalue weighted by atomic mass is 79.9. The van der Waals surface area contributed by atoms with Gasteiger partial charge in [0.1, 0.15) is 0 Å². The predicted molar refractivity (Wildman–Crippen MR) is 69.3 cm³/mol. The lowest BCUT2D eigenvalue weighted by atomic mass is 9.98. The van der Waals surface area contributed by atoms with E-state index in [4.69, 9.17) is 0 Å². The highest BCUT2D eigenvalue weighted by Gasteiger charge is 2.39. The summed E-state index contributed by atoms with van der Waals surface area (Å²) in [7, 11) is 0. The molecule has 1 saturated heterocycles. The zero-order valence-electron chi connectivity index (χ0n) is 9.78. The molecule has 88 valence electrons. The van der Waals surface area contributed by atoms with Crippen LogP contribution >= 0.6 is 15.9 Å². The minimum absolute atomic E-state index is 0.109. The van der Waals surface area contributed by atoms with Crippen LogP contribution in [-0.4, -0.2) is 28.2 Å². The summed E-state index contributed by atoms with van der Waals surface area (Å²) in [5, 5.41) is 9.91. The molecule has 1 aliphatic heterocycles. The van der Waals surface area contributed by atoms with Crippen LogP contribution in [0.1, 0.15) is 25.8 Å². The molecule has 0 spiro atoms. The van der Waals surface area contributed by atoms with E-state index >= 15 is 0 Å². The molecule has 1 aromatic carbocycles. The molecular weight excluding hydrogens is 266 g/mol. The van der Waals surface area contributed by atoms with Crippen LogP contribution in [0.4, 0.5) is 0 Å². The molecule has 16 heavy (non-hydrogen) atoms. The molecule has 1 aliphatic rings. The van der Waals surface area contributed by atoms with Crippen molar-refractivity contribution in [2.75, 3.05) is 6.54 Å². The Morgan fingerprint density at radius 1 is 1.50 bits per heavy atom. The zero-order chi connectivity index (χ0) is 11.8. The maximum Gasteiger partial charge on any atom is 0.0730 e. The standard InChI is InChI=1S/C13H18BrNO/c1-13(2)12(16)6-7-15(13)9-10-4-3-5-11(14)8-10/h3-5,8,12,16H,6-7,9H2,1-2H3. The Hall–Kier alpha value is -0.380. The quantitative estimate of drug-likeness (QED) is 0.902. The molecular formula is C13H18BrNO. The normalized spacial score (nSPS) is 24.9. The lowest BCUT2D eigenvalue weighted by Crippen LogP contribution is -2.44. The maximum absolute atomic E-state index is 9.91. The predicted octanol–water partition coefficient (Wildman–Crippen LogP) is 2.79. The molecule has 0 aromatic heterocycles. The van der Waals surface area contributed by atoms with Crippen LogP contribution in [0.15, 0.2) is 28.7 Å². The largest absolute Gasteiger partial charge is 0.391 e. The van der Waals surface area contributed by atoms with Crippen LogP contribution in [0.25, 0.3) is 0 Å². The fourth-order valence-corrected chi connectivity index (χ4v) is 2.72. The van der Waals surface area contributed by atoms with Gasteiger partial charge in [0.15, 0.2) is 0 Å². The lowest BCUT2D eigenvalue weighted by molar-refractivity contribution is 0.0506. The molecule has 1 heterocycles. The van der Waals surface area contributed by atoms with Crippen molar-refractivity contribution in [1.82, 2.24) is 4.90 Å². The van der Waals surface area contributed by atoms with Crippen molar-refractivity contribution in [2.24, 2.45) is 0 Å². The molecule has 0 saturated carbocycles. The topological polar surface area (TPSA) is 23.5 Å². The van der Waals surface area contributed by atoms with Crippen LogP contribution in [-0.2, 0) is 6.54 Å². The van der Waals surface area contributed by atoms with Crippen LogP contribution in [0.5, 0.6) is 0 Å². The number of rotatable bonds is 2. The van der Waals surface area contributed by atoms with Gasteiger partial charge in [-0.15, -0.1) is 0 Å². The van der Waals surface area contributed by atoms with E-state index in [1.165, 1.54) is 5.56 Å². The Morgan fingerprint density at radius 3 is 2.81 bits per heavy atom. The number of aliphatic hydroxyl groups is 1. The first kappa shape index (κ1) is 12.1. The molecule has 1 unspecified atom stereocenters. The molecule has 0 aliphatic carbocycles. The summed E-state index contributed by atoms with van der Waals surface area (Å²) in [6.45, 7) is 6.11. The second kappa shape index (κ2) is 4.47. The molecule has 0 bridgehead atoms. The number of hydrogen-bond acceptors (Lipinski definition) is 2. The molecule has 1 aromatic rings. The molecule has 2 rings (SSSR count). The van der Waals surface area contributed by atoms with Crippen molar-refractivity contribution >= 4 is 15.9 Å². The van der Waals surface area contributed by atoms with E-state index in [2.05, 4.69) is 52.9 Å². The molecule has 1 atom stereocenters. The summed E-state index contributed by atoms with van der Waals surface area (Å²) in [6, 6.07) is 8.36. The van der Waals surface area contributed by atoms with Gasteiger partial charge in [-0.25, -0.2) is 0 Å². The summed E-state index contributed by atoms with van der Waals surface area (Å²) < 4.78 is 1.11. The van der Waals surface area contributed by atoms with Gasteiger partial charge >= 0.3 is 0 Å². The van der Waals surface area contributed by atoms with E-state index in [0.717, 1.165) is 24.0 Å². The first-order valence-electron chi connectivity index (χ1n) is 5.68. The van der Waals surface area contributed by atoms with Crippen molar-refractivity contribution in [3.05, 3.63) is 34.3 Å². The van der Waals surface area contributed by atoms with Crippen molar-refractivity contribution in [1.29, 1.82) is 0 Å². The number of nitrogens with zero attached hydrogens (tertiary/aromatic N) is 1. The van der Waals surface area contributed by atoms with Crippen molar-refractivity contribution in [3.8, 4) is 0 Å². The summed E-state index contributed by atoms with van der Waals surface area (Å²) in [5.41, 5.74) is 1.18. The first-order chi connectivity index (χ1) is 7.50. The van der Waals surface area contributed by atoms with Gasteiger partial charge in [0.25, 0.3) is 0 Å². The molecule has 1 N–H and O–H groups in total. The zero-order valence-corrected chi connectivity index (χ0v) is 11.4. The molecule has 0 radical (unpaired) electrons. The highest BCUT2D eigenvalue weighted by Crippen LogP contribution is 2.30. The smallest absolute Gasteiger partial charge is 0.0730 e.